The van der Waals surface area contributed by atoms with E-state index < -0.39 is 0 Å². The first kappa shape index (κ1) is 18.2. The SMILES string of the molecule is O=C(OCc1ccccc1)N1CCN(CC2CCC(CO)CO2)CC1. The summed E-state index contributed by atoms with van der Waals surface area (Å²) in [6.45, 7) is 5.20. The van der Waals surface area contributed by atoms with E-state index in [9.17, 15) is 4.79 Å². The third kappa shape index (κ3) is 5.42. The molecule has 6 nitrogen and oxygen atoms in total. The van der Waals surface area contributed by atoms with Gasteiger partial charge >= 0.3 is 6.09 Å². The Morgan fingerprint density at radius 2 is 1.92 bits per heavy atom. The number of nitrogens with zero attached hydrogens (tertiary/aromatic N) is 2. The molecule has 6 heteroatoms. The minimum atomic E-state index is -0.233. The van der Waals surface area contributed by atoms with Gasteiger partial charge in [0.25, 0.3) is 0 Å². The Hall–Kier alpha value is -1.63. The van der Waals surface area contributed by atoms with Gasteiger partial charge in [0.1, 0.15) is 6.61 Å². The van der Waals surface area contributed by atoms with E-state index in [1.807, 2.05) is 30.3 Å². The van der Waals surface area contributed by atoms with Gasteiger partial charge in [-0.15, -0.1) is 0 Å². The standard InChI is InChI=1S/C19H28N2O4/c22-13-17-6-7-18(24-15-17)12-20-8-10-21(11-9-20)19(23)25-14-16-4-2-1-3-5-16/h1-5,17-18,22H,6-15H2. The van der Waals surface area contributed by atoms with E-state index in [0.29, 0.717) is 32.2 Å². The number of aliphatic hydroxyl groups is 1. The Morgan fingerprint density at radius 3 is 2.56 bits per heavy atom. The van der Waals surface area contributed by atoms with Crippen molar-refractivity contribution < 1.29 is 19.4 Å². The molecule has 2 aliphatic rings. The molecule has 0 bridgehead atoms. The van der Waals surface area contributed by atoms with Crippen LogP contribution < -0.4 is 0 Å². The summed E-state index contributed by atoms with van der Waals surface area (Å²) >= 11 is 0. The van der Waals surface area contributed by atoms with Gasteiger partial charge in [0.15, 0.2) is 0 Å². The zero-order valence-electron chi connectivity index (χ0n) is 14.7. The molecule has 0 radical (unpaired) electrons. The molecule has 2 heterocycles. The van der Waals surface area contributed by atoms with Crippen molar-refractivity contribution in [2.75, 3.05) is 45.9 Å². The van der Waals surface area contributed by atoms with Gasteiger partial charge in [0, 0.05) is 45.2 Å². The highest BCUT2D eigenvalue weighted by molar-refractivity contribution is 5.67. The van der Waals surface area contributed by atoms with E-state index in [-0.39, 0.29) is 18.8 Å². The zero-order chi connectivity index (χ0) is 17.5. The smallest absolute Gasteiger partial charge is 0.410 e. The van der Waals surface area contributed by atoms with Crippen LogP contribution in [0.25, 0.3) is 0 Å². The Kier molecular flexibility index (Phi) is 6.67. The first-order chi connectivity index (χ1) is 12.2. The van der Waals surface area contributed by atoms with E-state index in [1.54, 1.807) is 4.90 Å². The van der Waals surface area contributed by atoms with Gasteiger partial charge < -0.3 is 19.5 Å². The average Bonchev–Trinajstić information content (AvgIpc) is 2.68. The number of carbonyl (C=O) groups excluding carboxylic acids is 1. The van der Waals surface area contributed by atoms with Crippen molar-refractivity contribution in [3.63, 3.8) is 0 Å². The summed E-state index contributed by atoms with van der Waals surface area (Å²) in [5, 5.41) is 9.16. The number of ether oxygens (including phenoxy) is 2. The summed E-state index contributed by atoms with van der Waals surface area (Å²) in [6.07, 6.45) is 2.06. The lowest BCUT2D eigenvalue weighted by atomic mass is 9.99. The third-order valence-electron chi connectivity index (χ3n) is 5.02. The van der Waals surface area contributed by atoms with Crippen LogP contribution in [0.3, 0.4) is 0 Å². The topological polar surface area (TPSA) is 62.2 Å². The summed E-state index contributed by atoms with van der Waals surface area (Å²) in [5.74, 6) is 0.299. The predicted octanol–water partition coefficient (Wildman–Crippen LogP) is 1.73. The normalized spacial score (nSPS) is 24.9. The van der Waals surface area contributed by atoms with Crippen LogP contribution in [0.1, 0.15) is 18.4 Å². The van der Waals surface area contributed by atoms with Crippen LogP contribution in [0.15, 0.2) is 30.3 Å². The first-order valence-electron chi connectivity index (χ1n) is 9.15. The van der Waals surface area contributed by atoms with Crippen molar-refractivity contribution in [2.45, 2.75) is 25.6 Å². The van der Waals surface area contributed by atoms with Crippen molar-refractivity contribution >= 4 is 6.09 Å². The van der Waals surface area contributed by atoms with Crippen LogP contribution in [0.2, 0.25) is 0 Å². The fraction of sp³-hybridized carbons (Fsp3) is 0.632. The molecular weight excluding hydrogens is 320 g/mol. The number of amides is 1. The van der Waals surface area contributed by atoms with Gasteiger partial charge in [-0.2, -0.15) is 0 Å². The zero-order valence-corrected chi connectivity index (χ0v) is 14.7. The fourth-order valence-corrected chi connectivity index (χ4v) is 3.36. The number of carbonyl (C=O) groups is 1. The maximum Gasteiger partial charge on any atom is 0.410 e. The van der Waals surface area contributed by atoms with Crippen molar-refractivity contribution in [1.29, 1.82) is 0 Å². The molecule has 1 amide bonds. The largest absolute Gasteiger partial charge is 0.445 e. The minimum absolute atomic E-state index is 0.219. The van der Waals surface area contributed by atoms with E-state index in [4.69, 9.17) is 14.6 Å². The number of piperazine rings is 1. The van der Waals surface area contributed by atoms with Gasteiger partial charge in [-0.05, 0) is 18.4 Å². The Morgan fingerprint density at radius 1 is 1.16 bits per heavy atom. The summed E-state index contributed by atoms with van der Waals surface area (Å²) in [7, 11) is 0. The fourth-order valence-electron chi connectivity index (χ4n) is 3.36. The monoisotopic (exact) mass is 348 g/mol. The highest BCUT2D eigenvalue weighted by atomic mass is 16.6. The Bertz CT molecular complexity index is 523. The second-order valence-corrected chi connectivity index (χ2v) is 6.91. The number of benzene rings is 1. The molecule has 138 valence electrons. The molecule has 1 aromatic rings. The predicted molar refractivity (Wildman–Crippen MR) is 94.2 cm³/mol. The van der Waals surface area contributed by atoms with Gasteiger partial charge in [-0.3, -0.25) is 4.90 Å². The van der Waals surface area contributed by atoms with Crippen molar-refractivity contribution in [2.24, 2.45) is 5.92 Å². The molecule has 2 unspecified atom stereocenters. The van der Waals surface area contributed by atoms with E-state index in [2.05, 4.69) is 4.90 Å². The molecule has 1 N–H and O–H groups in total. The molecule has 0 aromatic heterocycles. The van der Waals surface area contributed by atoms with Crippen molar-refractivity contribution in [3.8, 4) is 0 Å². The lowest BCUT2D eigenvalue weighted by molar-refractivity contribution is -0.0483. The van der Waals surface area contributed by atoms with E-state index in [0.717, 1.165) is 38.0 Å². The lowest BCUT2D eigenvalue weighted by Gasteiger charge is -2.37. The molecule has 0 spiro atoms. The average molecular weight is 348 g/mol. The van der Waals surface area contributed by atoms with Crippen LogP contribution >= 0.6 is 0 Å². The van der Waals surface area contributed by atoms with Crippen LogP contribution in [0.5, 0.6) is 0 Å². The number of aliphatic hydroxyl groups excluding tert-OH is 1. The first-order valence-corrected chi connectivity index (χ1v) is 9.15. The number of hydrogen-bond donors (Lipinski definition) is 1. The van der Waals surface area contributed by atoms with Crippen LogP contribution in [0.4, 0.5) is 4.79 Å². The molecule has 2 aliphatic heterocycles. The summed E-state index contributed by atoms with van der Waals surface area (Å²) in [4.78, 5) is 16.3. The van der Waals surface area contributed by atoms with Crippen molar-refractivity contribution in [1.82, 2.24) is 9.80 Å². The molecule has 3 rings (SSSR count). The third-order valence-corrected chi connectivity index (χ3v) is 5.02. The second-order valence-electron chi connectivity index (χ2n) is 6.91. The molecule has 0 aliphatic carbocycles. The van der Waals surface area contributed by atoms with Crippen molar-refractivity contribution in [3.05, 3.63) is 35.9 Å². The van der Waals surface area contributed by atoms with Gasteiger partial charge in [0.2, 0.25) is 0 Å². The highest BCUT2D eigenvalue weighted by Gasteiger charge is 2.26. The lowest BCUT2D eigenvalue weighted by Crippen LogP contribution is -2.51. The summed E-state index contributed by atoms with van der Waals surface area (Å²) in [6, 6.07) is 9.74. The Labute approximate surface area is 149 Å². The van der Waals surface area contributed by atoms with Gasteiger partial charge in [0.05, 0.1) is 12.7 Å². The van der Waals surface area contributed by atoms with Crippen LogP contribution in [-0.2, 0) is 16.1 Å². The summed E-state index contributed by atoms with van der Waals surface area (Å²) < 4.78 is 11.2. The highest BCUT2D eigenvalue weighted by Crippen LogP contribution is 2.19. The second kappa shape index (κ2) is 9.17. The molecule has 2 saturated heterocycles. The van der Waals surface area contributed by atoms with Crippen LogP contribution in [-0.4, -0.2) is 73.0 Å². The number of hydrogen-bond acceptors (Lipinski definition) is 5. The molecule has 0 saturated carbocycles. The molecule has 1 aromatic carbocycles. The Balaban J connectivity index is 1.35. The van der Waals surface area contributed by atoms with E-state index in [1.165, 1.54) is 0 Å². The van der Waals surface area contributed by atoms with Gasteiger partial charge in [-0.25, -0.2) is 4.79 Å². The van der Waals surface area contributed by atoms with Gasteiger partial charge in [-0.1, -0.05) is 30.3 Å². The number of rotatable bonds is 5. The minimum Gasteiger partial charge on any atom is -0.445 e. The van der Waals surface area contributed by atoms with Crippen LogP contribution in [0, 0.1) is 5.92 Å². The maximum atomic E-state index is 12.2. The molecule has 2 atom stereocenters. The van der Waals surface area contributed by atoms with E-state index >= 15 is 0 Å². The summed E-state index contributed by atoms with van der Waals surface area (Å²) in [5.41, 5.74) is 1.00. The molecular formula is C19H28N2O4. The quantitative estimate of drug-likeness (QED) is 0.878. The molecule has 25 heavy (non-hydrogen) atoms. The maximum absolute atomic E-state index is 12.2. The molecule has 2 fully saturated rings.